The number of hydrogen-bond acceptors (Lipinski definition) is 15. The lowest BCUT2D eigenvalue weighted by atomic mass is 10.00. The Bertz CT molecular complexity index is 1730. The maximum atomic E-state index is 13.0. The summed E-state index contributed by atoms with van der Waals surface area (Å²) >= 11 is 0. The fraction of sp³-hybridized carbons (Fsp3) is 0.941. The van der Waals surface area contributed by atoms with Crippen molar-refractivity contribution in [2.75, 3.05) is 39.6 Å². The smallest absolute Gasteiger partial charge is 0.462 e. The third kappa shape index (κ3) is 61.3. The van der Waals surface area contributed by atoms with Crippen LogP contribution in [0.4, 0.5) is 0 Å². The molecule has 516 valence electrons. The zero-order chi connectivity index (χ0) is 64.7. The van der Waals surface area contributed by atoms with Crippen molar-refractivity contribution in [1.29, 1.82) is 0 Å². The molecule has 6 atom stereocenters. The van der Waals surface area contributed by atoms with Crippen molar-refractivity contribution in [2.45, 2.75) is 350 Å². The van der Waals surface area contributed by atoms with E-state index in [1.54, 1.807) is 0 Å². The van der Waals surface area contributed by atoms with Crippen molar-refractivity contribution in [3.63, 3.8) is 0 Å². The van der Waals surface area contributed by atoms with E-state index >= 15 is 0 Å². The predicted molar refractivity (Wildman–Crippen MR) is 349 cm³/mol. The highest BCUT2D eigenvalue weighted by Crippen LogP contribution is 2.45. The van der Waals surface area contributed by atoms with Gasteiger partial charge in [0, 0.05) is 25.7 Å². The number of hydrogen-bond donors (Lipinski definition) is 3. The van der Waals surface area contributed by atoms with Gasteiger partial charge >= 0.3 is 39.5 Å². The number of esters is 4. The minimum absolute atomic E-state index is 0.104. The van der Waals surface area contributed by atoms with E-state index < -0.39 is 97.5 Å². The van der Waals surface area contributed by atoms with Crippen LogP contribution >= 0.6 is 15.6 Å². The molecule has 0 aromatic carbocycles. The molecule has 0 amide bonds. The Kier molecular flexibility index (Phi) is 56.6. The van der Waals surface area contributed by atoms with Crippen LogP contribution in [0.2, 0.25) is 0 Å². The van der Waals surface area contributed by atoms with Crippen molar-refractivity contribution in [2.24, 2.45) is 23.7 Å². The molecular formula is C68H132O17P2. The first kappa shape index (κ1) is 85.1. The van der Waals surface area contributed by atoms with Gasteiger partial charge in [0.15, 0.2) is 12.2 Å². The van der Waals surface area contributed by atoms with Crippen LogP contribution in [0.3, 0.4) is 0 Å². The van der Waals surface area contributed by atoms with Crippen molar-refractivity contribution in [3.05, 3.63) is 0 Å². The molecule has 0 aromatic rings. The lowest BCUT2D eigenvalue weighted by Crippen LogP contribution is -2.30. The number of unbranched alkanes of at least 4 members (excludes halogenated alkanes) is 30. The Hall–Kier alpha value is -1.94. The molecule has 0 aliphatic carbocycles. The van der Waals surface area contributed by atoms with Gasteiger partial charge in [-0.1, -0.05) is 280 Å². The molecule has 0 aliphatic rings. The Morgan fingerprint density at radius 2 is 0.552 bits per heavy atom. The normalized spacial score (nSPS) is 14.6. The van der Waals surface area contributed by atoms with Gasteiger partial charge in [0.2, 0.25) is 0 Å². The molecule has 0 spiro atoms. The van der Waals surface area contributed by atoms with Crippen LogP contribution in [-0.4, -0.2) is 96.7 Å². The Morgan fingerprint density at radius 1 is 0.322 bits per heavy atom. The molecule has 0 radical (unpaired) electrons. The predicted octanol–water partition coefficient (Wildman–Crippen LogP) is 18.9. The van der Waals surface area contributed by atoms with E-state index in [2.05, 4.69) is 55.4 Å². The van der Waals surface area contributed by atoms with Gasteiger partial charge in [0.1, 0.15) is 19.3 Å². The van der Waals surface area contributed by atoms with Crippen LogP contribution in [0.15, 0.2) is 0 Å². The molecule has 0 heterocycles. The zero-order valence-corrected chi connectivity index (χ0v) is 58.4. The molecule has 0 aliphatic heterocycles. The monoisotopic (exact) mass is 1280 g/mol. The molecule has 3 N–H and O–H groups in total. The van der Waals surface area contributed by atoms with Crippen LogP contribution in [-0.2, 0) is 65.4 Å². The summed E-state index contributed by atoms with van der Waals surface area (Å²) in [4.78, 5) is 72.4. The molecule has 0 rings (SSSR count). The molecule has 0 bridgehead atoms. The van der Waals surface area contributed by atoms with E-state index in [1.165, 1.54) is 128 Å². The topological polar surface area (TPSA) is 237 Å². The van der Waals surface area contributed by atoms with Gasteiger partial charge in [0.05, 0.1) is 26.4 Å². The van der Waals surface area contributed by atoms with E-state index in [4.69, 9.17) is 37.0 Å². The quantitative estimate of drug-likeness (QED) is 0.0222. The molecule has 0 aromatic heterocycles. The van der Waals surface area contributed by atoms with Crippen LogP contribution in [0.5, 0.6) is 0 Å². The summed E-state index contributed by atoms with van der Waals surface area (Å²) in [6, 6.07) is 0. The summed E-state index contributed by atoms with van der Waals surface area (Å²) < 4.78 is 68.2. The third-order valence-corrected chi connectivity index (χ3v) is 17.8. The first-order valence-corrected chi connectivity index (χ1v) is 38.2. The minimum atomic E-state index is -4.95. The van der Waals surface area contributed by atoms with Crippen molar-refractivity contribution < 1.29 is 80.2 Å². The lowest BCUT2D eigenvalue weighted by Gasteiger charge is -2.21. The van der Waals surface area contributed by atoms with Crippen LogP contribution < -0.4 is 0 Å². The third-order valence-electron chi connectivity index (χ3n) is 15.9. The minimum Gasteiger partial charge on any atom is -0.462 e. The maximum Gasteiger partial charge on any atom is 0.472 e. The maximum absolute atomic E-state index is 13.0. The highest BCUT2D eigenvalue weighted by molar-refractivity contribution is 7.47. The van der Waals surface area contributed by atoms with Gasteiger partial charge < -0.3 is 33.8 Å². The average Bonchev–Trinajstić information content (AvgIpc) is 3.66. The van der Waals surface area contributed by atoms with Gasteiger partial charge in [-0.05, 0) is 49.4 Å². The first-order chi connectivity index (χ1) is 41.6. The number of rotatable bonds is 65. The molecule has 0 saturated carbocycles. The van der Waals surface area contributed by atoms with Crippen molar-refractivity contribution >= 4 is 39.5 Å². The number of ether oxygens (including phenoxy) is 4. The number of phosphoric acid groups is 2. The second-order valence-electron chi connectivity index (χ2n) is 26.2. The van der Waals surface area contributed by atoms with Crippen molar-refractivity contribution in [1.82, 2.24) is 0 Å². The summed E-state index contributed by atoms with van der Waals surface area (Å²) in [5.74, 6) is 0.825. The number of aliphatic hydroxyl groups is 1. The van der Waals surface area contributed by atoms with E-state index in [0.717, 1.165) is 120 Å². The van der Waals surface area contributed by atoms with Crippen LogP contribution in [0, 0.1) is 23.7 Å². The zero-order valence-electron chi connectivity index (χ0n) is 56.6. The SMILES string of the molecule is CCC(C)CCCCCCCCC(=O)OC[C@H](COP(=O)(O)OCC(O)COP(=O)(O)OC[C@@H](COC(=O)CCCCCCCCCCC(C)C)OC(=O)CCCCCCCCCCCCCC(C)C)OC(=O)CCCCCCCCCCCC(C)C. The molecule has 19 heteroatoms. The van der Waals surface area contributed by atoms with Gasteiger partial charge in [0.25, 0.3) is 0 Å². The average molecular weight is 1280 g/mol. The standard InChI is InChI=1S/C68H132O17P2/c1-9-61(8)47-39-31-26-27-33-41-49-66(71)79-55-64(85-68(73)51-43-35-25-17-13-15-21-29-37-45-59(4)5)57-83-87(76,77)81-53-62(69)52-80-86(74,75)82-56-63(54-78-65(70)48-40-32-23-19-18-22-30-38-46-60(6)7)84-67(72)50-42-34-24-16-12-10-11-14-20-28-36-44-58(2)3/h58-64,69H,9-57H2,1-8H3,(H,74,75)(H,76,77)/t61?,62?,63-,64-/m1/s1. The second-order valence-corrected chi connectivity index (χ2v) is 29.1. The summed E-state index contributed by atoms with van der Waals surface area (Å²) in [6.45, 7) is 14.0. The van der Waals surface area contributed by atoms with Gasteiger partial charge in [-0.3, -0.25) is 37.3 Å². The summed E-state index contributed by atoms with van der Waals surface area (Å²) in [6.07, 6.45) is 39.0. The van der Waals surface area contributed by atoms with E-state index in [9.17, 15) is 43.2 Å². The van der Waals surface area contributed by atoms with Gasteiger partial charge in [-0.2, -0.15) is 0 Å². The second kappa shape index (κ2) is 57.9. The fourth-order valence-electron chi connectivity index (χ4n) is 10.1. The van der Waals surface area contributed by atoms with Crippen LogP contribution in [0.25, 0.3) is 0 Å². The van der Waals surface area contributed by atoms with Gasteiger partial charge in [-0.25, -0.2) is 9.13 Å². The number of carbonyl (C=O) groups excluding carboxylic acids is 4. The van der Waals surface area contributed by atoms with Gasteiger partial charge in [-0.15, -0.1) is 0 Å². The molecule has 0 fully saturated rings. The summed E-state index contributed by atoms with van der Waals surface area (Å²) in [7, 11) is -9.90. The highest BCUT2D eigenvalue weighted by Gasteiger charge is 2.30. The van der Waals surface area contributed by atoms with E-state index in [-0.39, 0.29) is 25.7 Å². The Morgan fingerprint density at radius 3 is 0.816 bits per heavy atom. The molecule has 87 heavy (non-hydrogen) atoms. The Balaban J connectivity index is 5.27. The number of carbonyl (C=O) groups is 4. The van der Waals surface area contributed by atoms with E-state index in [0.29, 0.717) is 25.7 Å². The van der Waals surface area contributed by atoms with Crippen LogP contribution in [0.1, 0.15) is 331 Å². The van der Waals surface area contributed by atoms with E-state index in [1.807, 2.05) is 0 Å². The first-order valence-electron chi connectivity index (χ1n) is 35.2. The summed E-state index contributed by atoms with van der Waals surface area (Å²) in [5.41, 5.74) is 0. The molecule has 0 saturated heterocycles. The molecule has 4 unspecified atom stereocenters. The Labute approximate surface area is 530 Å². The van der Waals surface area contributed by atoms with Crippen molar-refractivity contribution in [3.8, 4) is 0 Å². The highest BCUT2D eigenvalue weighted by atomic mass is 31.2. The molecular weight excluding hydrogens is 1150 g/mol. The lowest BCUT2D eigenvalue weighted by molar-refractivity contribution is -0.161. The number of aliphatic hydroxyl groups excluding tert-OH is 1. The largest absolute Gasteiger partial charge is 0.472 e. The summed E-state index contributed by atoms with van der Waals surface area (Å²) in [5, 5.41) is 10.6. The number of phosphoric ester groups is 2. The fourth-order valence-corrected chi connectivity index (χ4v) is 11.7. The molecule has 17 nitrogen and oxygen atoms in total.